The maximum Gasteiger partial charge on any atom is 0.0918 e. The first-order chi connectivity index (χ1) is 8.65. The molecule has 1 unspecified atom stereocenters. The van der Waals surface area contributed by atoms with Crippen LogP contribution >= 0.6 is 0 Å². The fourth-order valence-electron chi connectivity index (χ4n) is 1.98. The highest BCUT2D eigenvalue weighted by atomic mass is 15.3. The van der Waals surface area contributed by atoms with Crippen molar-refractivity contribution in [1.82, 2.24) is 25.4 Å². The normalized spacial score (nSPS) is 12.7. The van der Waals surface area contributed by atoms with Crippen LogP contribution in [0.5, 0.6) is 0 Å². The maximum absolute atomic E-state index is 5.67. The molecule has 2 heterocycles. The van der Waals surface area contributed by atoms with Gasteiger partial charge in [0.1, 0.15) is 0 Å². The molecule has 0 aliphatic carbocycles. The van der Waals surface area contributed by atoms with Gasteiger partial charge in [0.25, 0.3) is 0 Å². The molecule has 2 aromatic rings. The highest BCUT2D eigenvalue weighted by Crippen LogP contribution is 2.22. The first-order valence-corrected chi connectivity index (χ1v) is 5.94. The van der Waals surface area contributed by atoms with Crippen molar-refractivity contribution in [2.24, 2.45) is 12.9 Å². The number of hydrogen-bond acceptors (Lipinski definition) is 5. The Morgan fingerprint density at radius 2 is 2.22 bits per heavy atom. The highest BCUT2D eigenvalue weighted by Gasteiger charge is 2.19. The van der Waals surface area contributed by atoms with E-state index in [4.69, 9.17) is 5.84 Å². The van der Waals surface area contributed by atoms with Gasteiger partial charge in [0.05, 0.1) is 23.1 Å². The third-order valence-electron chi connectivity index (χ3n) is 2.87. The van der Waals surface area contributed by atoms with Crippen molar-refractivity contribution in [2.45, 2.75) is 26.3 Å². The van der Waals surface area contributed by atoms with E-state index in [1.807, 2.05) is 32.3 Å². The Balaban J connectivity index is 2.47. The van der Waals surface area contributed by atoms with Crippen LogP contribution in [0.25, 0.3) is 0 Å². The molecule has 0 aliphatic rings. The second-order valence-electron chi connectivity index (χ2n) is 4.26. The maximum atomic E-state index is 5.67. The van der Waals surface area contributed by atoms with E-state index >= 15 is 0 Å². The van der Waals surface area contributed by atoms with Crippen molar-refractivity contribution in [3.8, 4) is 0 Å². The zero-order valence-electron chi connectivity index (χ0n) is 10.9. The molecule has 0 amide bonds. The molecule has 6 nitrogen and oxygen atoms in total. The molecule has 0 saturated carbocycles. The van der Waals surface area contributed by atoms with Crippen LogP contribution in [0.2, 0.25) is 0 Å². The predicted molar refractivity (Wildman–Crippen MR) is 68.5 cm³/mol. The molecular weight excluding hydrogens is 228 g/mol. The molecule has 18 heavy (non-hydrogen) atoms. The molecule has 2 aromatic heterocycles. The summed E-state index contributed by atoms with van der Waals surface area (Å²) in [6.07, 6.45) is 2.71. The van der Waals surface area contributed by atoms with Crippen molar-refractivity contribution >= 4 is 0 Å². The third-order valence-corrected chi connectivity index (χ3v) is 2.87. The number of rotatable bonds is 4. The fourth-order valence-corrected chi connectivity index (χ4v) is 1.98. The topological polar surface area (TPSA) is 81.6 Å². The summed E-state index contributed by atoms with van der Waals surface area (Å²) in [6, 6.07) is 3.79. The van der Waals surface area contributed by atoms with Crippen molar-refractivity contribution < 1.29 is 0 Å². The van der Waals surface area contributed by atoms with Gasteiger partial charge in [-0.2, -0.15) is 15.3 Å². The summed E-state index contributed by atoms with van der Waals surface area (Å²) in [4.78, 5) is 0. The van der Waals surface area contributed by atoms with Gasteiger partial charge in [-0.1, -0.05) is 6.92 Å². The molecule has 0 spiro atoms. The van der Waals surface area contributed by atoms with Crippen LogP contribution in [-0.4, -0.2) is 20.0 Å². The largest absolute Gasteiger partial charge is 0.275 e. The predicted octanol–water partition coefficient (Wildman–Crippen LogP) is 0.634. The Morgan fingerprint density at radius 1 is 1.44 bits per heavy atom. The Hall–Kier alpha value is -1.79. The first-order valence-electron chi connectivity index (χ1n) is 5.94. The van der Waals surface area contributed by atoms with Crippen LogP contribution in [0.1, 0.15) is 35.6 Å². The molecular formula is C12H18N6. The lowest BCUT2D eigenvalue weighted by atomic mass is 10.0. The zero-order chi connectivity index (χ0) is 13.1. The smallest absolute Gasteiger partial charge is 0.0918 e. The number of aromatic nitrogens is 4. The monoisotopic (exact) mass is 246 g/mol. The van der Waals surface area contributed by atoms with Crippen molar-refractivity contribution in [2.75, 3.05) is 0 Å². The molecule has 0 bridgehead atoms. The van der Waals surface area contributed by atoms with Crippen LogP contribution in [0, 0.1) is 6.92 Å². The van der Waals surface area contributed by atoms with Gasteiger partial charge in [-0.15, -0.1) is 0 Å². The Bertz CT molecular complexity index is 533. The second-order valence-corrected chi connectivity index (χ2v) is 4.26. The summed E-state index contributed by atoms with van der Waals surface area (Å²) >= 11 is 0. The van der Waals surface area contributed by atoms with Gasteiger partial charge < -0.3 is 0 Å². The van der Waals surface area contributed by atoms with Crippen molar-refractivity contribution in [3.05, 3.63) is 41.0 Å². The SMILES string of the molecule is CCc1nnc(C)cc1C(NN)c1ccn(C)n1. The fraction of sp³-hybridized carbons (Fsp3) is 0.417. The van der Waals surface area contributed by atoms with E-state index < -0.39 is 0 Å². The minimum atomic E-state index is -0.157. The lowest BCUT2D eigenvalue weighted by molar-refractivity contribution is 0.592. The van der Waals surface area contributed by atoms with Crippen molar-refractivity contribution in [1.29, 1.82) is 0 Å². The first kappa shape index (κ1) is 12.7. The summed E-state index contributed by atoms with van der Waals surface area (Å²) in [5, 5.41) is 12.7. The van der Waals surface area contributed by atoms with Crippen LogP contribution in [0.3, 0.4) is 0 Å². The van der Waals surface area contributed by atoms with Gasteiger partial charge >= 0.3 is 0 Å². The molecule has 0 aromatic carbocycles. The van der Waals surface area contributed by atoms with E-state index in [1.54, 1.807) is 4.68 Å². The molecule has 0 radical (unpaired) electrons. The molecule has 0 fully saturated rings. The Kier molecular flexibility index (Phi) is 3.69. The third kappa shape index (κ3) is 2.39. The number of nitrogens with one attached hydrogen (secondary N) is 1. The van der Waals surface area contributed by atoms with Crippen LogP contribution in [0.4, 0.5) is 0 Å². The number of hydrogen-bond donors (Lipinski definition) is 2. The molecule has 6 heteroatoms. The Labute approximate surface area is 106 Å². The quantitative estimate of drug-likeness (QED) is 0.611. The summed E-state index contributed by atoms with van der Waals surface area (Å²) in [6.45, 7) is 3.97. The van der Waals surface area contributed by atoms with Crippen LogP contribution in [-0.2, 0) is 13.5 Å². The summed E-state index contributed by atoms with van der Waals surface area (Å²) in [5.41, 5.74) is 6.53. The number of nitrogens with two attached hydrogens (primary N) is 1. The summed E-state index contributed by atoms with van der Waals surface area (Å²) in [5.74, 6) is 5.67. The van der Waals surface area contributed by atoms with E-state index in [1.165, 1.54) is 0 Å². The number of hydrazine groups is 1. The minimum Gasteiger partial charge on any atom is -0.275 e. The highest BCUT2D eigenvalue weighted by molar-refractivity contribution is 5.31. The van der Waals surface area contributed by atoms with E-state index in [2.05, 4.69) is 27.6 Å². The zero-order valence-corrected chi connectivity index (χ0v) is 10.9. The van der Waals surface area contributed by atoms with E-state index in [0.717, 1.165) is 29.1 Å². The van der Waals surface area contributed by atoms with E-state index in [0.29, 0.717) is 0 Å². The van der Waals surface area contributed by atoms with Gasteiger partial charge in [-0.05, 0) is 25.5 Å². The molecule has 96 valence electrons. The van der Waals surface area contributed by atoms with Gasteiger partial charge in [-0.25, -0.2) is 5.43 Å². The van der Waals surface area contributed by atoms with Gasteiger partial charge in [-0.3, -0.25) is 10.5 Å². The molecule has 3 N–H and O–H groups in total. The molecule has 2 rings (SSSR count). The standard InChI is InChI=1S/C12H18N6/c1-4-10-9(7-8(2)15-16-10)12(14-13)11-5-6-18(3)17-11/h5-7,12,14H,4,13H2,1-3H3. The molecule has 0 aliphatic heterocycles. The second kappa shape index (κ2) is 5.24. The van der Waals surface area contributed by atoms with Crippen molar-refractivity contribution in [3.63, 3.8) is 0 Å². The van der Waals surface area contributed by atoms with E-state index in [9.17, 15) is 0 Å². The van der Waals surface area contributed by atoms with Crippen LogP contribution in [0.15, 0.2) is 18.3 Å². The lowest BCUT2D eigenvalue weighted by Crippen LogP contribution is -2.30. The average molecular weight is 246 g/mol. The minimum absolute atomic E-state index is 0.157. The average Bonchev–Trinajstić information content (AvgIpc) is 2.77. The van der Waals surface area contributed by atoms with Crippen LogP contribution < -0.4 is 11.3 Å². The number of nitrogens with zero attached hydrogens (tertiary/aromatic N) is 4. The Morgan fingerprint density at radius 3 is 2.78 bits per heavy atom. The van der Waals surface area contributed by atoms with Gasteiger partial charge in [0, 0.05) is 18.8 Å². The molecule has 0 saturated heterocycles. The molecule has 1 atom stereocenters. The number of aryl methyl sites for hydroxylation is 3. The summed E-state index contributed by atoms with van der Waals surface area (Å²) in [7, 11) is 1.88. The van der Waals surface area contributed by atoms with Gasteiger partial charge in [0.2, 0.25) is 0 Å². The van der Waals surface area contributed by atoms with Gasteiger partial charge in [0.15, 0.2) is 0 Å². The van der Waals surface area contributed by atoms with E-state index in [-0.39, 0.29) is 6.04 Å². The lowest BCUT2D eigenvalue weighted by Gasteiger charge is -2.16. The summed E-state index contributed by atoms with van der Waals surface area (Å²) < 4.78 is 1.76.